The molecule has 1 aromatic heterocycles. The minimum atomic E-state index is -0.376. The number of aromatic amines is 1. The Morgan fingerprint density at radius 2 is 1.93 bits per heavy atom. The lowest BCUT2D eigenvalue weighted by atomic mass is 10.0. The van der Waals surface area contributed by atoms with Gasteiger partial charge in [0.25, 0.3) is 0 Å². The Morgan fingerprint density at radius 1 is 1.11 bits per heavy atom. The highest BCUT2D eigenvalue weighted by atomic mass is 35.5. The first-order chi connectivity index (χ1) is 13.6. The lowest BCUT2D eigenvalue weighted by Gasteiger charge is -2.30. The van der Waals surface area contributed by atoms with Crippen molar-refractivity contribution in [2.45, 2.75) is 32.0 Å². The first-order valence-corrected chi connectivity index (χ1v) is 9.89. The Kier molecular flexibility index (Phi) is 4.22. The average molecular weight is 394 g/mol. The number of nitrogens with one attached hydrogen (secondary N) is 1. The Labute approximate surface area is 167 Å². The van der Waals surface area contributed by atoms with E-state index in [1.807, 2.05) is 48.5 Å². The number of rotatable bonds is 3. The van der Waals surface area contributed by atoms with Crippen molar-refractivity contribution in [1.82, 2.24) is 14.8 Å². The van der Waals surface area contributed by atoms with Crippen LogP contribution in [0, 0.1) is 0 Å². The third-order valence-electron chi connectivity index (χ3n) is 5.81. The largest absolute Gasteiger partial charge is 0.357 e. The maximum absolute atomic E-state index is 13.0. The summed E-state index contributed by atoms with van der Waals surface area (Å²) >= 11 is 6.16. The van der Waals surface area contributed by atoms with Gasteiger partial charge in [0.2, 0.25) is 11.8 Å². The molecule has 0 unspecified atom stereocenters. The standard InChI is InChI=1S/C22H20ClN3O2/c23-15-6-7-18-17(10-15)16-8-9-25(13-19(16)24-18)20-11-21(27)26(22(20)28)12-14-4-2-1-3-5-14/h1-7,10,20,24H,8-9,11-13H2/t20-/m1/s1. The number of imide groups is 1. The molecule has 3 aromatic rings. The highest BCUT2D eigenvalue weighted by Crippen LogP contribution is 2.32. The van der Waals surface area contributed by atoms with E-state index in [0.29, 0.717) is 13.1 Å². The van der Waals surface area contributed by atoms with Gasteiger partial charge in [-0.3, -0.25) is 19.4 Å². The van der Waals surface area contributed by atoms with Gasteiger partial charge in [-0.1, -0.05) is 41.9 Å². The summed E-state index contributed by atoms with van der Waals surface area (Å²) in [5.74, 6) is -0.176. The molecule has 0 bridgehead atoms. The predicted molar refractivity (Wildman–Crippen MR) is 108 cm³/mol. The lowest BCUT2D eigenvalue weighted by molar-refractivity contribution is -0.140. The third kappa shape index (κ3) is 2.91. The smallest absolute Gasteiger partial charge is 0.247 e. The van der Waals surface area contributed by atoms with Gasteiger partial charge in [-0.05, 0) is 35.7 Å². The van der Waals surface area contributed by atoms with Gasteiger partial charge < -0.3 is 4.98 Å². The number of benzene rings is 2. The summed E-state index contributed by atoms with van der Waals surface area (Å²) < 4.78 is 0. The fourth-order valence-corrected chi connectivity index (χ4v) is 4.55. The minimum Gasteiger partial charge on any atom is -0.357 e. The van der Waals surface area contributed by atoms with E-state index in [9.17, 15) is 9.59 Å². The molecule has 2 aliphatic heterocycles. The van der Waals surface area contributed by atoms with E-state index >= 15 is 0 Å². The summed E-state index contributed by atoms with van der Waals surface area (Å²) in [7, 11) is 0. The molecule has 1 fully saturated rings. The van der Waals surface area contributed by atoms with Crippen LogP contribution in [0.3, 0.4) is 0 Å². The fraction of sp³-hybridized carbons (Fsp3) is 0.273. The summed E-state index contributed by atoms with van der Waals surface area (Å²) in [6, 6.07) is 15.1. The number of halogens is 1. The van der Waals surface area contributed by atoms with Gasteiger partial charge >= 0.3 is 0 Å². The van der Waals surface area contributed by atoms with E-state index in [4.69, 9.17) is 11.6 Å². The van der Waals surface area contributed by atoms with E-state index in [0.717, 1.165) is 40.1 Å². The van der Waals surface area contributed by atoms with Crippen LogP contribution in [0.2, 0.25) is 5.02 Å². The van der Waals surface area contributed by atoms with E-state index in [1.165, 1.54) is 10.5 Å². The van der Waals surface area contributed by atoms with Gasteiger partial charge in [0, 0.05) is 34.7 Å². The molecule has 1 saturated heterocycles. The van der Waals surface area contributed by atoms with Crippen LogP contribution in [0.4, 0.5) is 0 Å². The van der Waals surface area contributed by atoms with E-state index < -0.39 is 0 Å². The van der Waals surface area contributed by atoms with Gasteiger partial charge in [-0.15, -0.1) is 0 Å². The van der Waals surface area contributed by atoms with Gasteiger partial charge in [-0.2, -0.15) is 0 Å². The number of aromatic nitrogens is 1. The van der Waals surface area contributed by atoms with Gasteiger partial charge in [0.05, 0.1) is 19.0 Å². The molecule has 142 valence electrons. The average Bonchev–Trinajstić information content (AvgIpc) is 3.20. The lowest BCUT2D eigenvalue weighted by Crippen LogP contribution is -2.44. The molecule has 0 saturated carbocycles. The van der Waals surface area contributed by atoms with Crippen molar-refractivity contribution in [2.24, 2.45) is 0 Å². The van der Waals surface area contributed by atoms with E-state index in [1.54, 1.807) is 0 Å². The zero-order chi connectivity index (χ0) is 19.3. The first kappa shape index (κ1) is 17.5. The molecule has 2 aromatic carbocycles. The van der Waals surface area contributed by atoms with Crippen LogP contribution >= 0.6 is 11.6 Å². The second-order valence-electron chi connectivity index (χ2n) is 7.52. The molecule has 3 heterocycles. The molecule has 0 spiro atoms. The third-order valence-corrected chi connectivity index (χ3v) is 6.05. The van der Waals surface area contributed by atoms with Crippen molar-refractivity contribution >= 4 is 34.3 Å². The number of hydrogen-bond donors (Lipinski definition) is 1. The molecular formula is C22H20ClN3O2. The van der Waals surface area contributed by atoms with Crippen LogP contribution in [0.1, 0.15) is 23.2 Å². The molecule has 6 heteroatoms. The number of hydrogen-bond acceptors (Lipinski definition) is 3. The Hall–Kier alpha value is -2.63. The van der Waals surface area contributed by atoms with Crippen LogP contribution in [0.15, 0.2) is 48.5 Å². The zero-order valence-electron chi connectivity index (χ0n) is 15.3. The zero-order valence-corrected chi connectivity index (χ0v) is 16.1. The van der Waals surface area contributed by atoms with Crippen molar-refractivity contribution in [1.29, 1.82) is 0 Å². The molecule has 1 atom stereocenters. The predicted octanol–water partition coefficient (Wildman–Crippen LogP) is 3.51. The van der Waals surface area contributed by atoms with Gasteiger partial charge in [0.15, 0.2) is 0 Å². The Balaban J connectivity index is 1.37. The molecule has 28 heavy (non-hydrogen) atoms. The second-order valence-corrected chi connectivity index (χ2v) is 7.95. The molecule has 5 rings (SSSR count). The van der Waals surface area contributed by atoms with Crippen molar-refractivity contribution in [3.63, 3.8) is 0 Å². The maximum Gasteiger partial charge on any atom is 0.247 e. The van der Waals surface area contributed by atoms with Crippen LogP contribution in [-0.4, -0.2) is 39.2 Å². The number of H-pyrrole nitrogens is 1. The molecule has 2 amide bonds. The van der Waals surface area contributed by atoms with Crippen molar-refractivity contribution < 1.29 is 9.59 Å². The molecule has 0 aliphatic carbocycles. The number of carbonyl (C=O) groups excluding carboxylic acids is 2. The molecule has 5 nitrogen and oxygen atoms in total. The van der Waals surface area contributed by atoms with Crippen LogP contribution < -0.4 is 0 Å². The van der Waals surface area contributed by atoms with Gasteiger partial charge in [-0.25, -0.2) is 0 Å². The topological polar surface area (TPSA) is 56.4 Å². The first-order valence-electron chi connectivity index (χ1n) is 9.51. The quantitative estimate of drug-likeness (QED) is 0.693. The van der Waals surface area contributed by atoms with Crippen LogP contribution in [-0.2, 0) is 29.1 Å². The summed E-state index contributed by atoms with van der Waals surface area (Å²) in [6.07, 6.45) is 1.10. The number of fused-ring (bicyclic) bond motifs is 3. The second kappa shape index (κ2) is 6.76. The minimum absolute atomic E-state index is 0.0866. The van der Waals surface area contributed by atoms with E-state index in [-0.39, 0.29) is 24.3 Å². The Bertz CT molecular complexity index is 1080. The SMILES string of the molecule is O=C1C[C@@H](N2CCc3c([nH]c4ccc(Cl)cc34)C2)C(=O)N1Cc1ccccc1. The molecule has 2 aliphatic rings. The summed E-state index contributed by atoms with van der Waals surface area (Å²) in [4.78, 5) is 32.5. The number of likely N-dealkylation sites (tertiary alicyclic amines) is 1. The van der Waals surface area contributed by atoms with Crippen molar-refractivity contribution in [3.8, 4) is 0 Å². The summed E-state index contributed by atoms with van der Waals surface area (Å²) in [5, 5.41) is 1.88. The maximum atomic E-state index is 13.0. The molecular weight excluding hydrogens is 374 g/mol. The Morgan fingerprint density at radius 3 is 2.75 bits per heavy atom. The number of carbonyl (C=O) groups is 2. The monoisotopic (exact) mass is 393 g/mol. The highest BCUT2D eigenvalue weighted by Gasteiger charge is 2.42. The summed E-state index contributed by atoms with van der Waals surface area (Å²) in [5.41, 5.74) is 4.42. The van der Waals surface area contributed by atoms with Gasteiger partial charge in [0.1, 0.15) is 0 Å². The normalized spacial score (nSPS) is 20.2. The van der Waals surface area contributed by atoms with Crippen LogP contribution in [0.5, 0.6) is 0 Å². The van der Waals surface area contributed by atoms with Crippen molar-refractivity contribution in [2.75, 3.05) is 6.54 Å². The number of amides is 2. The summed E-state index contributed by atoms with van der Waals surface area (Å²) in [6.45, 7) is 1.75. The van der Waals surface area contributed by atoms with E-state index in [2.05, 4.69) is 9.88 Å². The highest BCUT2D eigenvalue weighted by molar-refractivity contribution is 6.31. The molecule has 1 N–H and O–H groups in total. The fourth-order valence-electron chi connectivity index (χ4n) is 4.38. The number of nitrogens with zero attached hydrogens (tertiary/aromatic N) is 2. The van der Waals surface area contributed by atoms with Crippen molar-refractivity contribution in [3.05, 3.63) is 70.4 Å². The van der Waals surface area contributed by atoms with Crippen LogP contribution in [0.25, 0.3) is 10.9 Å². The molecule has 0 radical (unpaired) electrons.